The van der Waals surface area contributed by atoms with Crippen molar-refractivity contribution in [3.8, 4) is 0 Å². The van der Waals surface area contributed by atoms with Crippen LogP contribution in [0.15, 0.2) is 42.5 Å². The highest BCUT2D eigenvalue weighted by Gasteiger charge is 2.07. The average molecular weight is 324 g/mol. The molecule has 0 fully saturated rings. The number of anilines is 3. The predicted molar refractivity (Wildman–Crippen MR) is 89.9 cm³/mol. The zero-order valence-electron chi connectivity index (χ0n) is 11.7. The Labute approximate surface area is 133 Å². The number of urea groups is 1. The summed E-state index contributed by atoms with van der Waals surface area (Å²) < 4.78 is 0. The normalized spacial score (nSPS) is 10.1. The molecule has 110 valence electrons. The summed E-state index contributed by atoms with van der Waals surface area (Å²) in [6.45, 7) is 0. The van der Waals surface area contributed by atoms with Gasteiger partial charge >= 0.3 is 6.03 Å². The van der Waals surface area contributed by atoms with Crippen molar-refractivity contribution in [3.63, 3.8) is 0 Å². The van der Waals surface area contributed by atoms with Crippen LogP contribution in [0.5, 0.6) is 0 Å². The van der Waals surface area contributed by atoms with Crippen LogP contribution in [0.3, 0.4) is 0 Å². The molecule has 0 spiro atoms. The highest BCUT2D eigenvalue weighted by Crippen LogP contribution is 2.25. The number of hydrogen-bond donors (Lipinski definition) is 2. The van der Waals surface area contributed by atoms with E-state index in [9.17, 15) is 4.79 Å². The SMILES string of the molecule is CN(C)c1ccc(NC(=O)Nc2cc(Cl)ccc2Cl)cc1. The number of nitrogens with zero attached hydrogens (tertiary/aromatic N) is 1. The van der Waals surface area contributed by atoms with Gasteiger partial charge in [0.05, 0.1) is 10.7 Å². The third-order valence-corrected chi connectivity index (χ3v) is 3.38. The third kappa shape index (κ3) is 4.28. The number of hydrogen-bond acceptors (Lipinski definition) is 2. The van der Waals surface area contributed by atoms with E-state index in [1.807, 2.05) is 43.3 Å². The van der Waals surface area contributed by atoms with Gasteiger partial charge in [0.25, 0.3) is 0 Å². The Morgan fingerprint density at radius 2 is 1.67 bits per heavy atom. The van der Waals surface area contributed by atoms with Crippen molar-refractivity contribution in [3.05, 3.63) is 52.5 Å². The molecule has 0 aliphatic carbocycles. The second-order valence-corrected chi connectivity index (χ2v) is 5.49. The standard InChI is InChI=1S/C15H15Cl2N3O/c1-20(2)12-6-4-11(5-7-12)18-15(21)19-14-9-10(16)3-8-13(14)17/h3-9H,1-2H3,(H2,18,19,21). The van der Waals surface area contributed by atoms with E-state index in [1.165, 1.54) is 0 Å². The smallest absolute Gasteiger partial charge is 0.323 e. The second kappa shape index (κ2) is 6.70. The first kappa shape index (κ1) is 15.5. The molecule has 21 heavy (non-hydrogen) atoms. The summed E-state index contributed by atoms with van der Waals surface area (Å²) in [6.07, 6.45) is 0. The van der Waals surface area contributed by atoms with Crippen LogP contribution in [0.2, 0.25) is 10.0 Å². The molecule has 6 heteroatoms. The monoisotopic (exact) mass is 323 g/mol. The number of carbonyl (C=O) groups is 1. The fourth-order valence-corrected chi connectivity index (χ4v) is 2.06. The van der Waals surface area contributed by atoms with Crippen LogP contribution in [0, 0.1) is 0 Å². The van der Waals surface area contributed by atoms with E-state index in [2.05, 4.69) is 10.6 Å². The van der Waals surface area contributed by atoms with E-state index < -0.39 is 0 Å². The van der Waals surface area contributed by atoms with Crippen molar-refractivity contribution >= 4 is 46.3 Å². The molecule has 0 aliphatic heterocycles. The first-order valence-corrected chi connectivity index (χ1v) is 7.02. The number of amides is 2. The molecule has 0 aliphatic rings. The summed E-state index contributed by atoms with van der Waals surface area (Å²) >= 11 is 11.9. The minimum absolute atomic E-state index is 0.378. The van der Waals surface area contributed by atoms with Crippen LogP contribution in [0.25, 0.3) is 0 Å². The fourth-order valence-electron chi connectivity index (χ4n) is 1.72. The summed E-state index contributed by atoms with van der Waals surface area (Å²) in [4.78, 5) is 13.9. The van der Waals surface area contributed by atoms with Crippen LogP contribution in [0.1, 0.15) is 0 Å². The number of nitrogens with one attached hydrogen (secondary N) is 2. The largest absolute Gasteiger partial charge is 0.378 e. The third-order valence-electron chi connectivity index (χ3n) is 2.82. The van der Waals surface area contributed by atoms with Gasteiger partial charge in [-0.1, -0.05) is 23.2 Å². The Morgan fingerprint density at radius 1 is 1.00 bits per heavy atom. The summed E-state index contributed by atoms with van der Waals surface area (Å²) in [5.74, 6) is 0. The van der Waals surface area contributed by atoms with Gasteiger partial charge in [-0.2, -0.15) is 0 Å². The van der Waals surface area contributed by atoms with Gasteiger partial charge in [-0.25, -0.2) is 4.79 Å². The van der Waals surface area contributed by atoms with Gasteiger partial charge in [-0.3, -0.25) is 0 Å². The van der Waals surface area contributed by atoms with E-state index in [0.717, 1.165) is 5.69 Å². The number of halogens is 2. The van der Waals surface area contributed by atoms with Crippen molar-refractivity contribution in [2.45, 2.75) is 0 Å². The highest BCUT2D eigenvalue weighted by molar-refractivity contribution is 6.35. The summed E-state index contributed by atoms with van der Waals surface area (Å²) in [5.41, 5.74) is 2.21. The fraction of sp³-hybridized carbons (Fsp3) is 0.133. The lowest BCUT2D eigenvalue weighted by Crippen LogP contribution is -2.19. The number of carbonyl (C=O) groups excluding carboxylic acids is 1. The van der Waals surface area contributed by atoms with Crippen molar-refractivity contribution in [1.29, 1.82) is 0 Å². The summed E-state index contributed by atoms with van der Waals surface area (Å²) in [6, 6.07) is 12.0. The lowest BCUT2D eigenvalue weighted by molar-refractivity contribution is 0.262. The lowest BCUT2D eigenvalue weighted by Gasteiger charge is -2.13. The van der Waals surface area contributed by atoms with Gasteiger partial charge in [0.1, 0.15) is 0 Å². The molecule has 2 amide bonds. The zero-order chi connectivity index (χ0) is 15.4. The molecule has 0 radical (unpaired) electrons. The minimum atomic E-state index is -0.378. The van der Waals surface area contributed by atoms with Gasteiger partial charge in [-0.05, 0) is 42.5 Å². The van der Waals surface area contributed by atoms with Gasteiger partial charge in [0.2, 0.25) is 0 Å². The summed E-state index contributed by atoms with van der Waals surface area (Å²) in [7, 11) is 3.91. The number of rotatable bonds is 3. The molecule has 4 nitrogen and oxygen atoms in total. The highest BCUT2D eigenvalue weighted by atomic mass is 35.5. The van der Waals surface area contributed by atoms with E-state index >= 15 is 0 Å². The predicted octanol–water partition coefficient (Wildman–Crippen LogP) is 4.70. The minimum Gasteiger partial charge on any atom is -0.378 e. The van der Waals surface area contributed by atoms with Gasteiger partial charge in [0, 0.05) is 30.5 Å². The van der Waals surface area contributed by atoms with Crippen molar-refractivity contribution < 1.29 is 4.79 Å². The molecule has 0 bridgehead atoms. The molecular formula is C15H15Cl2N3O. The molecule has 2 aromatic carbocycles. The maximum atomic E-state index is 11.9. The van der Waals surface area contributed by atoms with E-state index in [0.29, 0.717) is 21.4 Å². The molecule has 2 aromatic rings. The molecule has 0 aromatic heterocycles. The van der Waals surface area contributed by atoms with Crippen LogP contribution >= 0.6 is 23.2 Å². The second-order valence-electron chi connectivity index (χ2n) is 4.64. The molecule has 2 N–H and O–H groups in total. The molecule has 2 rings (SSSR count). The number of benzene rings is 2. The topological polar surface area (TPSA) is 44.4 Å². The average Bonchev–Trinajstić information content (AvgIpc) is 2.43. The van der Waals surface area contributed by atoms with Gasteiger partial charge in [0.15, 0.2) is 0 Å². The van der Waals surface area contributed by atoms with Gasteiger partial charge < -0.3 is 15.5 Å². The quantitative estimate of drug-likeness (QED) is 0.859. The van der Waals surface area contributed by atoms with Gasteiger partial charge in [-0.15, -0.1) is 0 Å². The van der Waals surface area contributed by atoms with Crippen LogP contribution < -0.4 is 15.5 Å². The Hall–Kier alpha value is -1.91. The zero-order valence-corrected chi connectivity index (χ0v) is 13.2. The maximum absolute atomic E-state index is 11.9. The Morgan fingerprint density at radius 3 is 2.29 bits per heavy atom. The van der Waals surface area contributed by atoms with Crippen LogP contribution in [0.4, 0.5) is 21.9 Å². The van der Waals surface area contributed by atoms with Crippen LogP contribution in [-0.4, -0.2) is 20.1 Å². The van der Waals surface area contributed by atoms with E-state index in [1.54, 1.807) is 18.2 Å². The van der Waals surface area contributed by atoms with E-state index in [4.69, 9.17) is 23.2 Å². The van der Waals surface area contributed by atoms with Crippen molar-refractivity contribution in [2.75, 3.05) is 29.6 Å². The van der Waals surface area contributed by atoms with Crippen molar-refractivity contribution in [1.82, 2.24) is 0 Å². The lowest BCUT2D eigenvalue weighted by atomic mass is 10.2. The first-order chi connectivity index (χ1) is 9.95. The molecule has 0 atom stereocenters. The first-order valence-electron chi connectivity index (χ1n) is 6.26. The molecule has 0 heterocycles. The van der Waals surface area contributed by atoms with Crippen LogP contribution in [-0.2, 0) is 0 Å². The maximum Gasteiger partial charge on any atom is 0.323 e. The Bertz CT molecular complexity index is 642. The molecule has 0 saturated heterocycles. The van der Waals surface area contributed by atoms with E-state index in [-0.39, 0.29) is 6.03 Å². The Kier molecular flexibility index (Phi) is 4.94. The summed E-state index contributed by atoms with van der Waals surface area (Å²) in [5, 5.41) is 6.33. The molecular weight excluding hydrogens is 309 g/mol. The molecule has 0 saturated carbocycles. The van der Waals surface area contributed by atoms with Crippen molar-refractivity contribution in [2.24, 2.45) is 0 Å². The molecule has 0 unspecified atom stereocenters. The Balaban J connectivity index is 2.03.